The quantitative estimate of drug-likeness (QED) is 0.468. The van der Waals surface area contributed by atoms with Crippen molar-refractivity contribution in [3.05, 3.63) is 46.7 Å². The number of aromatic nitrogens is 1. The van der Waals surface area contributed by atoms with Gasteiger partial charge in [0.15, 0.2) is 0 Å². The fourth-order valence-electron chi connectivity index (χ4n) is 4.11. The van der Waals surface area contributed by atoms with Crippen molar-refractivity contribution in [1.29, 1.82) is 0 Å². The van der Waals surface area contributed by atoms with Crippen molar-refractivity contribution >= 4 is 11.9 Å². The zero-order valence-corrected chi connectivity index (χ0v) is 15.5. The number of esters is 2. The Hall–Kier alpha value is -2.63. The summed E-state index contributed by atoms with van der Waals surface area (Å²) in [5.74, 6) is -0.447. The lowest BCUT2D eigenvalue weighted by molar-refractivity contribution is -0.146. The molecule has 6 heteroatoms. The highest BCUT2D eigenvalue weighted by Gasteiger charge is 2.53. The molecule has 0 amide bonds. The van der Waals surface area contributed by atoms with Crippen LogP contribution in [0.1, 0.15) is 31.5 Å². The molecule has 0 radical (unpaired) electrons. The van der Waals surface area contributed by atoms with Gasteiger partial charge in [-0.15, -0.1) is 0 Å². The second-order valence-electron chi connectivity index (χ2n) is 6.60. The highest BCUT2D eigenvalue weighted by atomic mass is 16.5. The predicted molar refractivity (Wildman–Crippen MR) is 94.8 cm³/mol. The van der Waals surface area contributed by atoms with Crippen LogP contribution < -0.4 is 4.74 Å². The number of methoxy groups -OCH3 is 2. The van der Waals surface area contributed by atoms with Gasteiger partial charge in [0.1, 0.15) is 5.41 Å². The lowest BCUT2D eigenvalue weighted by atomic mass is 9.58. The van der Waals surface area contributed by atoms with Gasteiger partial charge in [-0.2, -0.15) is 0 Å². The number of hydrogen-bond acceptors (Lipinski definition) is 6. The average molecular weight is 357 g/mol. The van der Waals surface area contributed by atoms with E-state index < -0.39 is 17.4 Å². The van der Waals surface area contributed by atoms with Gasteiger partial charge < -0.3 is 14.2 Å². The number of carbonyl (C=O) groups excluding carboxylic acids is 2. The van der Waals surface area contributed by atoms with Crippen LogP contribution in [0.2, 0.25) is 0 Å². The molecule has 1 aromatic rings. The number of pyridine rings is 1. The first-order valence-corrected chi connectivity index (χ1v) is 8.65. The summed E-state index contributed by atoms with van der Waals surface area (Å²) in [6.07, 6.45) is 4.59. The molecule has 2 bridgehead atoms. The Morgan fingerprint density at radius 1 is 1.35 bits per heavy atom. The maximum Gasteiger partial charge on any atom is 0.330 e. The van der Waals surface area contributed by atoms with Crippen molar-refractivity contribution in [2.75, 3.05) is 20.8 Å². The van der Waals surface area contributed by atoms with E-state index in [4.69, 9.17) is 14.2 Å². The van der Waals surface area contributed by atoms with Crippen molar-refractivity contribution in [2.45, 2.75) is 32.1 Å². The number of allylic oxidation sites excluding steroid dienone is 2. The van der Waals surface area contributed by atoms with Crippen LogP contribution in [0.3, 0.4) is 0 Å². The predicted octanol–water partition coefficient (Wildman–Crippen LogP) is 2.51. The summed E-state index contributed by atoms with van der Waals surface area (Å²) in [4.78, 5) is 29.7. The maximum absolute atomic E-state index is 13.0. The normalized spacial score (nSPS) is 25.2. The number of ether oxygens (including phenoxy) is 3. The van der Waals surface area contributed by atoms with Crippen LogP contribution in [0.5, 0.6) is 5.88 Å². The van der Waals surface area contributed by atoms with E-state index in [0.29, 0.717) is 24.3 Å². The Morgan fingerprint density at radius 3 is 2.77 bits per heavy atom. The summed E-state index contributed by atoms with van der Waals surface area (Å²) in [5.41, 5.74) is 2.31. The van der Waals surface area contributed by atoms with Crippen LogP contribution in [-0.2, 0) is 30.9 Å². The first-order valence-electron chi connectivity index (χ1n) is 8.65. The summed E-state index contributed by atoms with van der Waals surface area (Å²) >= 11 is 0. The third kappa shape index (κ3) is 2.79. The number of hydrogen-bond donors (Lipinski definition) is 0. The summed E-state index contributed by atoms with van der Waals surface area (Å²) in [6, 6.07) is 3.59. The fraction of sp³-hybridized carbons (Fsp3) is 0.450. The van der Waals surface area contributed by atoms with Crippen molar-refractivity contribution in [3.63, 3.8) is 0 Å². The zero-order valence-electron chi connectivity index (χ0n) is 15.5. The van der Waals surface area contributed by atoms with E-state index in [1.54, 1.807) is 20.1 Å². The van der Waals surface area contributed by atoms with Crippen LogP contribution >= 0.6 is 0 Å². The van der Waals surface area contributed by atoms with Gasteiger partial charge in [-0.05, 0) is 31.4 Å². The summed E-state index contributed by atoms with van der Waals surface area (Å²) in [7, 11) is 2.93. The number of rotatable bonds is 4. The highest BCUT2D eigenvalue weighted by molar-refractivity contribution is 5.93. The number of nitrogens with zero attached hydrogens (tertiary/aromatic N) is 1. The third-order valence-corrected chi connectivity index (χ3v) is 5.05. The molecule has 6 nitrogen and oxygen atoms in total. The van der Waals surface area contributed by atoms with Crippen molar-refractivity contribution in [3.8, 4) is 5.88 Å². The molecule has 0 fully saturated rings. The van der Waals surface area contributed by atoms with Gasteiger partial charge in [0, 0.05) is 24.5 Å². The Bertz CT molecular complexity index is 810. The van der Waals surface area contributed by atoms with Crippen molar-refractivity contribution < 1.29 is 23.8 Å². The van der Waals surface area contributed by atoms with E-state index in [9.17, 15) is 9.59 Å². The molecule has 138 valence electrons. The topological polar surface area (TPSA) is 74.7 Å². The molecule has 0 unspecified atom stereocenters. The second kappa shape index (κ2) is 6.94. The van der Waals surface area contributed by atoms with Crippen LogP contribution in [0, 0.1) is 5.92 Å². The molecule has 26 heavy (non-hydrogen) atoms. The number of fused-ring (bicyclic) bond motifs is 4. The smallest absolute Gasteiger partial charge is 0.330 e. The molecule has 1 aromatic heterocycles. The van der Waals surface area contributed by atoms with Gasteiger partial charge in [-0.3, -0.25) is 4.79 Å². The van der Waals surface area contributed by atoms with Gasteiger partial charge in [0.2, 0.25) is 5.88 Å². The molecule has 0 aromatic carbocycles. The molecule has 2 aliphatic rings. The van der Waals surface area contributed by atoms with Crippen LogP contribution in [0.15, 0.2) is 35.4 Å². The summed E-state index contributed by atoms with van der Waals surface area (Å²) in [6.45, 7) is 4.03. The summed E-state index contributed by atoms with van der Waals surface area (Å²) < 4.78 is 15.5. The molecule has 0 aliphatic heterocycles. The molecule has 0 saturated heterocycles. The average Bonchev–Trinajstić information content (AvgIpc) is 2.62. The molecular formula is C20H23NO5. The second-order valence-corrected chi connectivity index (χ2v) is 6.60. The minimum Gasteiger partial charge on any atom is -0.481 e. The Kier molecular flexibility index (Phi) is 4.85. The van der Waals surface area contributed by atoms with Gasteiger partial charge >= 0.3 is 11.9 Å². The van der Waals surface area contributed by atoms with Gasteiger partial charge in [-0.1, -0.05) is 17.7 Å². The molecule has 1 heterocycles. The first-order chi connectivity index (χ1) is 12.5. The largest absolute Gasteiger partial charge is 0.481 e. The molecule has 0 spiro atoms. The van der Waals surface area contributed by atoms with E-state index in [2.05, 4.69) is 11.1 Å². The molecular weight excluding hydrogens is 334 g/mol. The molecule has 3 rings (SSSR count). The van der Waals surface area contributed by atoms with Crippen LogP contribution in [0.25, 0.3) is 0 Å². The molecule has 0 N–H and O–H groups in total. The van der Waals surface area contributed by atoms with Gasteiger partial charge in [0.25, 0.3) is 0 Å². The van der Waals surface area contributed by atoms with Crippen molar-refractivity contribution in [2.24, 2.45) is 5.92 Å². The molecule has 2 atom stereocenters. The third-order valence-electron chi connectivity index (χ3n) is 5.05. The molecule has 2 aliphatic carbocycles. The van der Waals surface area contributed by atoms with Crippen molar-refractivity contribution in [1.82, 2.24) is 4.98 Å². The van der Waals surface area contributed by atoms with Crippen LogP contribution in [0.4, 0.5) is 0 Å². The Labute approximate surface area is 152 Å². The minimum absolute atomic E-state index is 0.112. The first kappa shape index (κ1) is 18.2. The van der Waals surface area contributed by atoms with E-state index in [0.717, 1.165) is 16.8 Å². The zero-order chi connectivity index (χ0) is 18.9. The van der Waals surface area contributed by atoms with E-state index >= 15 is 0 Å². The van der Waals surface area contributed by atoms with Crippen LogP contribution in [-0.4, -0.2) is 37.7 Å². The summed E-state index contributed by atoms with van der Waals surface area (Å²) in [5, 5.41) is 0. The number of carbonyl (C=O) groups is 2. The standard InChI is InChI=1S/C20H23NO5/c1-5-26-18(22)10-15-13-8-12(2)11-20(15,19(23)25-4)14-6-7-17(24-3)21-16(14)9-13/h6-8,10,13H,5,9,11H2,1-4H3/t13-,20-/m1/s1. The van der Waals surface area contributed by atoms with E-state index in [1.807, 2.05) is 13.0 Å². The van der Waals surface area contributed by atoms with E-state index in [1.165, 1.54) is 13.2 Å². The Balaban J connectivity index is 2.25. The highest BCUT2D eigenvalue weighted by Crippen LogP contribution is 2.52. The fourth-order valence-corrected chi connectivity index (χ4v) is 4.11. The van der Waals surface area contributed by atoms with Gasteiger partial charge in [0.05, 0.1) is 26.5 Å². The van der Waals surface area contributed by atoms with Gasteiger partial charge in [-0.25, -0.2) is 9.78 Å². The lowest BCUT2D eigenvalue weighted by Crippen LogP contribution is -2.48. The monoisotopic (exact) mass is 357 g/mol. The SMILES string of the molecule is CCOC(=O)C=C1[C@@H]2C=C(C)C[C@@]1(C(=O)OC)c1ccc(OC)nc1C2. The molecule has 0 saturated carbocycles. The Morgan fingerprint density at radius 2 is 2.12 bits per heavy atom. The maximum atomic E-state index is 13.0. The lowest BCUT2D eigenvalue weighted by Gasteiger charge is -2.45. The van der Waals surface area contributed by atoms with E-state index in [-0.39, 0.29) is 12.5 Å². The minimum atomic E-state index is -1.06.